The van der Waals surface area contributed by atoms with Crippen molar-refractivity contribution in [1.82, 2.24) is 9.21 Å². The molecule has 0 aromatic heterocycles. The lowest BCUT2D eigenvalue weighted by Gasteiger charge is -2.34. The number of ether oxygens (including phenoxy) is 1. The summed E-state index contributed by atoms with van der Waals surface area (Å²) in [7, 11) is -1.89. The van der Waals surface area contributed by atoms with Crippen LogP contribution in [0.2, 0.25) is 0 Å². The molecule has 3 rings (SSSR count). The van der Waals surface area contributed by atoms with Crippen molar-refractivity contribution in [3.05, 3.63) is 59.9 Å². The Labute approximate surface area is 160 Å². The molecule has 1 aliphatic rings. The van der Waals surface area contributed by atoms with E-state index in [-0.39, 0.29) is 4.90 Å². The lowest BCUT2D eigenvalue weighted by Crippen LogP contribution is -2.48. The van der Waals surface area contributed by atoms with E-state index in [1.807, 2.05) is 12.1 Å². The number of sulfonamides is 1. The molecule has 0 N–H and O–H groups in total. The van der Waals surface area contributed by atoms with Gasteiger partial charge in [-0.2, -0.15) is 4.31 Å². The minimum atomic E-state index is -3.54. The Hall–Kier alpha value is -1.96. The van der Waals surface area contributed by atoms with Crippen LogP contribution in [0, 0.1) is 5.82 Å². The first-order chi connectivity index (χ1) is 13.0. The molecule has 0 amide bonds. The molecule has 2 aromatic rings. The summed E-state index contributed by atoms with van der Waals surface area (Å²) >= 11 is 0. The highest BCUT2D eigenvalue weighted by Crippen LogP contribution is 2.18. The van der Waals surface area contributed by atoms with Crippen molar-refractivity contribution in [3.8, 4) is 5.75 Å². The molecule has 1 fully saturated rings. The van der Waals surface area contributed by atoms with Crippen LogP contribution in [0.15, 0.2) is 53.4 Å². The van der Waals surface area contributed by atoms with Gasteiger partial charge >= 0.3 is 0 Å². The fourth-order valence-corrected chi connectivity index (χ4v) is 4.67. The van der Waals surface area contributed by atoms with Crippen molar-refractivity contribution in [2.45, 2.75) is 17.7 Å². The summed E-state index contributed by atoms with van der Waals surface area (Å²) in [5.41, 5.74) is 1.27. The molecule has 0 radical (unpaired) electrons. The van der Waals surface area contributed by atoms with Gasteiger partial charge in [-0.25, -0.2) is 12.8 Å². The smallest absolute Gasteiger partial charge is 0.243 e. The highest BCUT2D eigenvalue weighted by Gasteiger charge is 2.28. The first-order valence-corrected chi connectivity index (χ1v) is 10.5. The minimum absolute atomic E-state index is 0.150. The first-order valence-electron chi connectivity index (χ1n) is 9.10. The van der Waals surface area contributed by atoms with Gasteiger partial charge in [0.25, 0.3) is 0 Å². The lowest BCUT2D eigenvalue weighted by atomic mass is 10.1. The molecular formula is C20H25FN2O3S. The molecule has 0 saturated carbocycles. The van der Waals surface area contributed by atoms with Crippen LogP contribution in [0.1, 0.15) is 12.0 Å². The second kappa shape index (κ2) is 8.82. The quantitative estimate of drug-likeness (QED) is 0.727. The topological polar surface area (TPSA) is 49.9 Å². The second-order valence-electron chi connectivity index (χ2n) is 6.65. The zero-order chi connectivity index (χ0) is 19.3. The maximum atomic E-state index is 13.0. The Morgan fingerprint density at radius 2 is 1.59 bits per heavy atom. The molecule has 7 heteroatoms. The van der Waals surface area contributed by atoms with Crippen LogP contribution in [0.5, 0.6) is 5.75 Å². The van der Waals surface area contributed by atoms with Crippen molar-refractivity contribution >= 4 is 10.0 Å². The largest absolute Gasteiger partial charge is 0.497 e. The van der Waals surface area contributed by atoms with Gasteiger partial charge in [-0.1, -0.05) is 12.1 Å². The summed E-state index contributed by atoms with van der Waals surface area (Å²) in [5, 5.41) is 0. The Morgan fingerprint density at radius 1 is 0.963 bits per heavy atom. The number of piperazine rings is 1. The molecule has 0 bridgehead atoms. The average Bonchev–Trinajstić information content (AvgIpc) is 2.69. The van der Waals surface area contributed by atoms with Crippen molar-refractivity contribution in [3.63, 3.8) is 0 Å². The van der Waals surface area contributed by atoms with E-state index in [0.29, 0.717) is 26.2 Å². The minimum Gasteiger partial charge on any atom is -0.497 e. The number of hydrogen-bond donors (Lipinski definition) is 0. The van der Waals surface area contributed by atoms with Crippen LogP contribution in [0.3, 0.4) is 0 Å². The Kier molecular flexibility index (Phi) is 6.46. The summed E-state index contributed by atoms with van der Waals surface area (Å²) in [4.78, 5) is 2.44. The fourth-order valence-electron chi connectivity index (χ4n) is 3.25. The fraction of sp³-hybridized carbons (Fsp3) is 0.400. The number of aryl methyl sites for hydroxylation is 1. The van der Waals surface area contributed by atoms with E-state index < -0.39 is 15.8 Å². The van der Waals surface area contributed by atoms with Gasteiger partial charge in [0, 0.05) is 26.2 Å². The zero-order valence-electron chi connectivity index (χ0n) is 15.5. The number of benzene rings is 2. The SMILES string of the molecule is COc1ccc(CCCN2CCN(S(=O)(=O)c3ccc(F)cc3)CC2)cc1. The van der Waals surface area contributed by atoms with Crippen molar-refractivity contribution in [2.75, 3.05) is 39.8 Å². The maximum absolute atomic E-state index is 13.0. The van der Waals surface area contributed by atoms with E-state index in [2.05, 4.69) is 17.0 Å². The van der Waals surface area contributed by atoms with E-state index in [4.69, 9.17) is 4.74 Å². The average molecular weight is 392 g/mol. The Bertz CT molecular complexity index is 831. The molecule has 1 aliphatic heterocycles. The third kappa shape index (κ3) is 5.06. The maximum Gasteiger partial charge on any atom is 0.243 e. The molecule has 0 unspecified atom stereocenters. The highest BCUT2D eigenvalue weighted by atomic mass is 32.2. The molecule has 1 saturated heterocycles. The van der Waals surface area contributed by atoms with E-state index in [1.54, 1.807) is 7.11 Å². The summed E-state index contributed by atoms with van der Waals surface area (Å²) < 4.78 is 44.9. The van der Waals surface area contributed by atoms with Gasteiger partial charge in [-0.15, -0.1) is 0 Å². The van der Waals surface area contributed by atoms with Gasteiger partial charge in [0.1, 0.15) is 11.6 Å². The molecular weight excluding hydrogens is 367 g/mol. The van der Waals surface area contributed by atoms with Crippen molar-refractivity contribution < 1.29 is 17.5 Å². The zero-order valence-corrected chi connectivity index (χ0v) is 16.3. The van der Waals surface area contributed by atoms with E-state index >= 15 is 0 Å². The second-order valence-corrected chi connectivity index (χ2v) is 8.59. The predicted molar refractivity (Wildman–Crippen MR) is 103 cm³/mol. The number of halogens is 1. The third-order valence-electron chi connectivity index (χ3n) is 4.88. The lowest BCUT2D eigenvalue weighted by molar-refractivity contribution is 0.187. The molecule has 5 nitrogen and oxygen atoms in total. The van der Waals surface area contributed by atoms with Gasteiger partial charge in [-0.05, 0) is 61.3 Å². The summed E-state index contributed by atoms with van der Waals surface area (Å²) in [6.07, 6.45) is 2.01. The van der Waals surface area contributed by atoms with Gasteiger partial charge in [-0.3, -0.25) is 0 Å². The summed E-state index contributed by atoms with van der Waals surface area (Å²) in [6.45, 7) is 3.28. The van der Waals surface area contributed by atoms with Crippen LogP contribution in [-0.4, -0.2) is 57.5 Å². The number of nitrogens with zero attached hydrogens (tertiary/aromatic N) is 2. The molecule has 0 aliphatic carbocycles. The predicted octanol–water partition coefficient (Wildman–Crippen LogP) is 2.77. The van der Waals surface area contributed by atoms with E-state index in [0.717, 1.165) is 25.1 Å². The van der Waals surface area contributed by atoms with E-state index in [1.165, 1.54) is 34.1 Å². The molecule has 1 heterocycles. The van der Waals surface area contributed by atoms with Crippen molar-refractivity contribution in [1.29, 1.82) is 0 Å². The first kappa shape index (κ1) is 19.8. The number of methoxy groups -OCH3 is 1. The molecule has 2 aromatic carbocycles. The standard InChI is InChI=1S/C20H25FN2O3S/c1-26-19-8-4-17(5-9-19)3-2-12-22-13-15-23(16-14-22)27(24,25)20-10-6-18(21)7-11-20/h4-11H,2-3,12-16H2,1H3. The Morgan fingerprint density at radius 3 is 2.19 bits per heavy atom. The number of rotatable bonds is 7. The van der Waals surface area contributed by atoms with Gasteiger partial charge in [0.05, 0.1) is 12.0 Å². The van der Waals surface area contributed by atoms with Crippen LogP contribution in [0.25, 0.3) is 0 Å². The monoisotopic (exact) mass is 392 g/mol. The van der Waals surface area contributed by atoms with Gasteiger partial charge in [0.2, 0.25) is 10.0 Å². The van der Waals surface area contributed by atoms with Crippen LogP contribution in [-0.2, 0) is 16.4 Å². The van der Waals surface area contributed by atoms with Crippen molar-refractivity contribution in [2.24, 2.45) is 0 Å². The number of hydrogen-bond acceptors (Lipinski definition) is 4. The molecule has 0 atom stereocenters. The van der Waals surface area contributed by atoms with Crippen LogP contribution >= 0.6 is 0 Å². The van der Waals surface area contributed by atoms with Gasteiger partial charge < -0.3 is 9.64 Å². The van der Waals surface area contributed by atoms with Gasteiger partial charge in [0.15, 0.2) is 0 Å². The summed E-state index contributed by atoms with van der Waals surface area (Å²) in [5.74, 6) is 0.424. The normalized spacial score (nSPS) is 16.4. The van der Waals surface area contributed by atoms with Crippen LogP contribution in [0.4, 0.5) is 4.39 Å². The molecule has 146 valence electrons. The third-order valence-corrected chi connectivity index (χ3v) is 6.79. The summed E-state index contributed by atoms with van der Waals surface area (Å²) in [6, 6.07) is 13.1. The Balaban J connectivity index is 1.46. The van der Waals surface area contributed by atoms with Crippen LogP contribution < -0.4 is 4.74 Å². The van der Waals surface area contributed by atoms with E-state index in [9.17, 15) is 12.8 Å². The molecule has 0 spiro atoms. The highest BCUT2D eigenvalue weighted by molar-refractivity contribution is 7.89. The molecule has 27 heavy (non-hydrogen) atoms.